The van der Waals surface area contributed by atoms with Crippen molar-refractivity contribution in [1.29, 1.82) is 0 Å². The number of amides is 1. The molecule has 2 N–H and O–H groups in total. The molecule has 1 heterocycles. The van der Waals surface area contributed by atoms with Crippen LogP contribution in [0.2, 0.25) is 0 Å². The minimum atomic E-state index is -0.534. The molecule has 5 heteroatoms. The molecular formula is C16H20FNO3. The second-order valence-corrected chi connectivity index (χ2v) is 6.03. The Morgan fingerprint density at radius 2 is 2.05 bits per heavy atom. The lowest BCUT2D eigenvalue weighted by Crippen LogP contribution is -2.42. The van der Waals surface area contributed by atoms with Gasteiger partial charge in [0.25, 0.3) is 5.91 Å². The summed E-state index contributed by atoms with van der Waals surface area (Å²) < 4.78 is 13.3. The summed E-state index contributed by atoms with van der Waals surface area (Å²) in [5.41, 5.74) is 0.00869. The second-order valence-electron chi connectivity index (χ2n) is 6.03. The van der Waals surface area contributed by atoms with E-state index in [2.05, 4.69) is 0 Å². The Bertz CT molecular complexity index is 548. The average Bonchev–Trinajstić information content (AvgIpc) is 3.08. The molecule has 1 aliphatic heterocycles. The van der Waals surface area contributed by atoms with Crippen LogP contribution < -0.4 is 0 Å². The van der Waals surface area contributed by atoms with Crippen LogP contribution in [0.5, 0.6) is 5.75 Å². The third-order valence-corrected chi connectivity index (χ3v) is 4.77. The molecule has 0 bridgehead atoms. The van der Waals surface area contributed by atoms with E-state index >= 15 is 0 Å². The van der Waals surface area contributed by atoms with Crippen molar-refractivity contribution < 1.29 is 19.4 Å². The van der Waals surface area contributed by atoms with Crippen molar-refractivity contribution in [2.24, 2.45) is 5.92 Å². The summed E-state index contributed by atoms with van der Waals surface area (Å²) in [6.07, 6.45) is 4.08. The normalized spacial score (nSPS) is 29.0. The van der Waals surface area contributed by atoms with E-state index < -0.39 is 5.82 Å². The van der Waals surface area contributed by atoms with Gasteiger partial charge in [-0.05, 0) is 43.9 Å². The van der Waals surface area contributed by atoms with Crippen molar-refractivity contribution in [2.45, 2.75) is 44.2 Å². The standard InChI is InChI=1S/C16H20FNO3/c17-10-6-7-15(20)12(9-10)16(21)18-8-2-4-13(18)11-3-1-5-14(11)19/h6-7,9,11,13-14,19-20H,1-5,8H2. The van der Waals surface area contributed by atoms with Gasteiger partial charge in [-0.3, -0.25) is 4.79 Å². The molecule has 3 rings (SSSR count). The molecule has 1 aliphatic carbocycles. The molecule has 1 aromatic rings. The van der Waals surface area contributed by atoms with Crippen molar-refractivity contribution in [2.75, 3.05) is 6.54 Å². The number of hydrogen-bond donors (Lipinski definition) is 2. The van der Waals surface area contributed by atoms with Crippen LogP contribution in [0.15, 0.2) is 18.2 Å². The fourth-order valence-electron chi connectivity index (χ4n) is 3.74. The maximum absolute atomic E-state index is 13.3. The zero-order chi connectivity index (χ0) is 15.0. The summed E-state index contributed by atoms with van der Waals surface area (Å²) in [7, 11) is 0. The topological polar surface area (TPSA) is 60.8 Å². The first-order valence-corrected chi connectivity index (χ1v) is 7.55. The van der Waals surface area contributed by atoms with Gasteiger partial charge in [-0.25, -0.2) is 4.39 Å². The van der Waals surface area contributed by atoms with Crippen molar-refractivity contribution in [3.63, 3.8) is 0 Å². The maximum Gasteiger partial charge on any atom is 0.257 e. The van der Waals surface area contributed by atoms with Gasteiger partial charge in [0.2, 0.25) is 0 Å². The first kappa shape index (κ1) is 14.3. The first-order chi connectivity index (χ1) is 10.1. The highest BCUT2D eigenvalue weighted by atomic mass is 19.1. The summed E-state index contributed by atoms with van der Waals surface area (Å²) >= 11 is 0. The van der Waals surface area contributed by atoms with E-state index in [9.17, 15) is 19.4 Å². The lowest BCUT2D eigenvalue weighted by Gasteiger charge is -2.31. The number of phenolic OH excluding ortho intramolecular Hbond substituents is 1. The van der Waals surface area contributed by atoms with Crippen LogP contribution in [0.1, 0.15) is 42.5 Å². The van der Waals surface area contributed by atoms with Gasteiger partial charge in [-0.15, -0.1) is 0 Å². The molecule has 1 aromatic carbocycles. The van der Waals surface area contributed by atoms with Gasteiger partial charge < -0.3 is 15.1 Å². The van der Waals surface area contributed by atoms with E-state index in [1.54, 1.807) is 4.90 Å². The Labute approximate surface area is 123 Å². The zero-order valence-electron chi connectivity index (χ0n) is 11.8. The lowest BCUT2D eigenvalue weighted by molar-refractivity contribution is 0.0525. The van der Waals surface area contributed by atoms with Crippen molar-refractivity contribution in [3.8, 4) is 5.75 Å². The van der Waals surface area contributed by atoms with Gasteiger partial charge in [-0.2, -0.15) is 0 Å². The number of nitrogens with zero attached hydrogens (tertiary/aromatic N) is 1. The van der Waals surface area contributed by atoms with Crippen LogP contribution in [-0.2, 0) is 0 Å². The van der Waals surface area contributed by atoms with Crippen LogP contribution in [-0.4, -0.2) is 39.7 Å². The summed E-state index contributed by atoms with van der Waals surface area (Å²) in [5, 5.41) is 19.9. The number of carbonyl (C=O) groups excluding carboxylic acids is 1. The number of rotatable bonds is 2. The Morgan fingerprint density at radius 3 is 2.76 bits per heavy atom. The molecule has 0 aromatic heterocycles. The number of aliphatic hydroxyl groups is 1. The van der Waals surface area contributed by atoms with Crippen molar-refractivity contribution in [3.05, 3.63) is 29.6 Å². The number of aliphatic hydroxyl groups excluding tert-OH is 1. The van der Waals surface area contributed by atoms with Crippen LogP contribution in [0.4, 0.5) is 4.39 Å². The summed E-state index contributed by atoms with van der Waals surface area (Å²) in [5.74, 6) is -0.965. The van der Waals surface area contributed by atoms with Crippen LogP contribution >= 0.6 is 0 Å². The molecule has 3 atom stereocenters. The minimum absolute atomic E-state index is 0.00216. The van der Waals surface area contributed by atoms with Crippen LogP contribution in [0.25, 0.3) is 0 Å². The first-order valence-electron chi connectivity index (χ1n) is 7.55. The number of benzene rings is 1. The van der Waals surface area contributed by atoms with Crippen molar-refractivity contribution in [1.82, 2.24) is 4.90 Å². The molecule has 114 valence electrons. The molecule has 1 amide bonds. The third-order valence-electron chi connectivity index (χ3n) is 4.77. The molecule has 1 saturated heterocycles. The van der Waals surface area contributed by atoms with E-state index in [1.165, 1.54) is 6.07 Å². The van der Waals surface area contributed by atoms with Gasteiger partial charge in [0, 0.05) is 18.5 Å². The van der Waals surface area contributed by atoms with Crippen LogP contribution in [0.3, 0.4) is 0 Å². The van der Waals surface area contributed by atoms with Gasteiger partial charge in [0.05, 0.1) is 11.7 Å². The number of aromatic hydroxyl groups is 1. The lowest BCUT2D eigenvalue weighted by atomic mass is 9.93. The predicted molar refractivity (Wildman–Crippen MR) is 75.5 cm³/mol. The average molecular weight is 293 g/mol. The highest BCUT2D eigenvalue weighted by Crippen LogP contribution is 2.37. The van der Waals surface area contributed by atoms with Gasteiger partial charge in [0.15, 0.2) is 0 Å². The van der Waals surface area contributed by atoms with E-state index in [4.69, 9.17) is 0 Å². The summed E-state index contributed by atoms with van der Waals surface area (Å²) in [4.78, 5) is 14.3. The monoisotopic (exact) mass is 293 g/mol. The van der Waals surface area contributed by atoms with E-state index in [1.807, 2.05) is 0 Å². The van der Waals surface area contributed by atoms with E-state index in [0.29, 0.717) is 6.54 Å². The minimum Gasteiger partial charge on any atom is -0.507 e. The summed E-state index contributed by atoms with van der Waals surface area (Å²) in [6.45, 7) is 0.600. The van der Waals surface area contributed by atoms with Gasteiger partial charge in [0.1, 0.15) is 11.6 Å². The number of halogens is 1. The number of phenols is 1. The number of likely N-dealkylation sites (tertiary alicyclic amines) is 1. The second kappa shape index (κ2) is 5.64. The highest BCUT2D eigenvalue weighted by Gasteiger charge is 2.40. The maximum atomic E-state index is 13.3. The Kier molecular flexibility index (Phi) is 3.85. The third kappa shape index (κ3) is 2.62. The molecule has 21 heavy (non-hydrogen) atoms. The quantitative estimate of drug-likeness (QED) is 0.879. The Morgan fingerprint density at radius 1 is 1.24 bits per heavy atom. The molecular weight excluding hydrogens is 273 g/mol. The molecule has 1 saturated carbocycles. The SMILES string of the molecule is O=C(c1cc(F)ccc1O)N1CCCC1C1CCCC1O. The Balaban J connectivity index is 1.84. The molecule has 2 fully saturated rings. The van der Waals surface area contributed by atoms with Gasteiger partial charge >= 0.3 is 0 Å². The molecule has 0 radical (unpaired) electrons. The molecule has 2 aliphatic rings. The molecule has 4 nitrogen and oxygen atoms in total. The van der Waals surface area contributed by atoms with Gasteiger partial charge in [-0.1, -0.05) is 6.42 Å². The van der Waals surface area contributed by atoms with E-state index in [-0.39, 0.29) is 35.3 Å². The number of hydrogen-bond acceptors (Lipinski definition) is 3. The van der Waals surface area contributed by atoms with Crippen molar-refractivity contribution >= 4 is 5.91 Å². The zero-order valence-corrected chi connectivity index (χ0v) is 11.8. The predicted octanol–water partition coefficient (Wildman–Crippen LogP) is 2.30. The Hall–Kier alpha value is -1.62. The fourth-order valence-corrected chi connectivity index (χ4v) is 3.74. The highest BCUT2D eigenvalue weighted by molar-refractivity contribution is 5.97. The van der Waals surface area contributed by atoms with E-state index in [0.717, 1.165) is 44.2 Å². The molecule has 3 unspecified atom stereocenters. The van der Waals surface area contributed by atoms with Crippen LogP contribution in [0, 0.1) is 11.7 Å². The largest absolute Gasteiger partial charge is 0.507 e. The fraction of sp³-hybridized carbons (Fsp3) is 0.562. The summed E-state index contributed by atoms with van der Waals surface area (Å²) in [6, 6.07) is 3.42. The smallest absolute Gasteiger partial charge is 0.257 e. The molecule has 0 spiro atoms. The number of carbonyl (C=O) groups is 1.